The number of rotatable bonds is 2. The number of aromatic nitrogens is 1. The van der Waals surface area contributed by atoms with Crippen molar-refractivity contribution in [3.63, 3.8) is 0 Å². The summed E-state index contributed by atoms with van der Waals surface area (Å²) in [5.41, 5.74) is 1.90. The smallest absolute Gasteiger partial charge is 0.153 e. The number of hydrogen-bond acceptors (Lipinski definition) is 2. The summed E-state index contributed by atoms with van der Waals surface area (Å²) in [5, 5.41) is 0. The predicted molar refractivity (Wildman–Crippen MR) is 49.7 cm³/mol. The molecule has 0 unspecified atom stereocenters. The van der Waals surface area contributed by atoms with Gasteiger partial charge in [-0.1, -0.05) is 19.6 Å². The molecule has 0 saturated heterocycles. The first kappa shape index (κ1) is 8.59. The van der Waals surface area contributed by atoms with E-state index in [1.54, 1.807) is 6.20 Å². The Morgan fingerprint density at radius 1 is 1.75 bits per heavy atom. The van der Waals surface area contributed by atoms with Gasteiger partial charge in [0.15, 0.2) is 5.49 Å². The summed E-state index contributed by atoms with van der Waals surface area (Å²) < 4.78 is 1.50. The Kier molecular flexibility index (Phi) is 2.69. The monoisotopic (exact) mass is 163 g/mol. The fraction of sp³-hybridized carbons (Fsp3) is 0.222. The van der Waals surface area contributed by atoms with Gasteiger partial charge in [-0.15, -0.1) is 0 Å². The first-order valence-corrected chi connectivity index (χ1v) is 3.90. The number of nitrogens with two attached hydrogens (primary N) is 1. The maximum absolute atomic E-state index is 5.66. The zero-order chi connectivity index (χ0) is 8.97. The highest BCUT2D eigenvalue weighted by molar-refractivity contribution is 5.09. The average Bonchev–Trinajstić information content (AvgIpc) is 2.09. The Morgan fingerprint density at radius 2 is 2.50 bits per heavy atom. The van der Waals surface area contributed by atoms with E-state index in [4.69, 9.17) is 5.84 Å². The van der Waals surface area contributed by atoms with Gasteiger partial charge in [0.1, 0.15) is 0 Å². The fourth-order valence-electron chi connectivity index (χ4n) is 1.07. The lowest BCUT2D eigenvalue weighted by molar-refractivity contribution is 0.865. The topological polar surface area (TPSA) is 43.3 Å². The molecule has 0 aliphatic rings. The van der Waals surface area contributed by atoms with Crippen molar-refractivity contribution in [1.29, 1.82) is 0 Å². The average molecular weight is 163 g/mol. The van der Waals surface area contributed by atoms with Crippen LogP contribution in [0, 0.1) is 0 Å². The van der Waals surface area contributed by atoms with Crippen LogP contribution >= 0.6 is 0 Å². The summed E-state index contributed by atoms with van der Waals surface area (Å²) in [6.45, 7) is 5.60. The molecule has 0 radical (unpaired) electrons. The largest absolute Gasteiger partial charge is 0.338 e. The quantitative estimate of drug-likeness (QED) is 0.644. The van der Waals surface area contributed by atoms with Crippen LogP contribution in [0.5, 0.6) is 0 Å². The molecule has 0 aliphatic carbocycles. The molecule has 0 amide bonds. The molecule has 0 aromatic carbocycles. The molecule has 0 atom stereocenters. The summed E-state index contributed by atoms with van der Waals surface area (Å²) in [6, 6.07) is 3.91. The molecular formula is C9H13N3. The third-order valence-electron chi connectivity index (χ3n) is 1.67. The molecule has 1 rings (SSSR count). The van der Waals surface area contributed by atoms with Crippen molar-refractivity contribution in [3.8, 4) is 0 Å². The van der Waals surface area contributed by atoms with Gasteiger partial charge in [0.2, 0.25) is 0 Å². The zero-order valence-corrected chi connectivity index (χ0v) is 7.20. The van der Waals surface area contributed by atoms with Crippen molar-refractivity contribution in [2.24, 2.45) is 4.99 Å². The van der Waals surface area contributed by atoms with Crippen LogP contribution in [0.4, 0.5) is 0 Å². The minimum atomic E-state index is 0.773. The molecule has 3 heteroatoms. The lowest BCUT2D eigenvalue weighted by Gasteiger charge is -2.02. The molecule has 1 aromatic heterocycles. The molecule has 0 saturated carbocycles. The van der Waals surface area contributed by atoms with Gasteiger partial charge in [-0.05, 0) is 18.1 Å². The normalized spacial score (nSPS) is 11.6. The summed E-state index contributed by atoms with van der Waals surface area (Å²) in [5.74, 6) is 5.66. The number of nitrogens with zero attached hydrogens (tertiary/aromatic N) is 2. The van der Waals surface area contributed by atoms with Gasteiger partial charge >= 0.3 is 0 Å². The van der Waals surface area contributed by atoms with Crippen LogP contribution in [0.2, 0.25) is 0 Å². The fourth-order valence-corrected chi connectivity index (χ4v) is 1.07. The molecule has 0 bridgehead atoms. The van der Waals surface area contributed by atoms with Gasteiger partial charge in [0.25, 0.3) is 0 Å². The van der Waals surface area contributed by atoms with Gasteiger partial charge in [0.05, 0.1) is 0 Å². The zero-order valence-electron chi connectivity index (χ0n) is 7.20. The molecule has 0 spiro atoms. The Bertz CT molecular complexity index is 336. The molecule has 1 heterocycles. The number of hydrogen-bond donors (Lipinski definition) is 1. The van der Waals surface area contributed by atoms with Gasteiger partial charge in [-0.2, -0.15) is 0 Å². The van der Waals surface area contributed by atoms with E-state index < -0.39 is 0 Å². The Hall–Kier alpha value is -1.51. The molecule has 0 fully saturated rings. The van der Waals surface area contributed by atoms with E-state index in [0.29, 0.717) is 0 Å². The van der Waals surface area contributed by atoms with Crippen LogP contribution in [0.1, 0.15) is 12.5 Å². The molecule has 0 aliphatic heterocycles. The summed E-state index contributed by atoms with van der Waals surface area (Å²) in [4.78, 5) is 4.08. The van der Waals surface area contributed by atoms with Crippen molar-refractivity contribution >= 4 is 0 Å². The summed E-state index contributed by atoms with van der Waals surface area (Å²) in [7, 11) is 0. The number of nitrogen functional groups attached to an aromatic ring is 1. The standard InChI is InChI=1S/C9H13N3/c1-3-8-6-5-7-12(10)9(8)11-4-2/h4-7H,2-3,10H2,1H3. The Balaban J connectivity index is 3.39. The minimum absolute atomic E-state index is 0.773. The minimum Gasteiger partial charge on any atom is -0.338 e. The van der Waals surface area contributed by atoms with Crippen molar-refractivity contribution < 1.29 is 0 Å². The van der Waals surface area contributed by atoms with Crippen molar-refractivity contribution in [3.05, 3.63) is 42.2 Å². The maximum atomic E-state index is 5.66. The van der Waals surface area contributed by atoms with E-state index in [2.05, 4.69) is 18.5 Å². The molecule has 2 N–H and O–H groups in total. The van der Waals surface area contributed by atoms with E-state index in [9.17, 15) is 0 Å². The van der Waals surface area contributed by atoms with E-state index >= 15 is 0 Å². The lowest BCUT2D eigenvalue weighted by Crippen LogP contribution is -2.29. The van der Waals surface area contributed by atoms with Crippen molar-refractivity contribution in [2.75, 3.05) is 5.84 Å². The predicted octanol–water partition coefficient (Wildman–Crippen LogP) is 0.808. The van der Waals surface area contributed by atoms with Gasteiger partial charge in [-0.25, -0.2) is 4.99 Å². The van der Waals surface area contributed by atoms with Crippen LogP contribution in [0.15, 0.2) is 36.1 Å². The summed E-state index contributed by atoms with van der Waals surface area (Å²) >= 11 is 0. The molecule has 12 heavy (non-hydrogen) atoms. The SMILES string of the molecule is C=CN=c1c(CC)cccn1N. The van der Waals surface area contributed by atoms with Crippen LogP contribution in [0.3, 0.4) is 0 Å². The first-order chi connectivity index (χ1) is 5.79. The highest BCUT2D eigenvalue weighted by atomic mass is 15.3. The third-order valence-corrected chi connectivity index (χ3v) is 1.67. The van der Waals surface area contributed by atoms with E-state index in [0.717, 1.165) is 17.5 Å². The maximum Gasteiger partial charge on any atom is 0.153 e. The van der Waals surface area contributed by atoms with E-state index in [1.165, 1.54) is 10.9 Å². The van der Waals surface area contributed by atoms with Crippen LogP contribution < -0.4 is 11.3 Å². The van der Waals surface area contributed by atoms with Crippen molar-refractivity contribution in [2.45, 2.75) is 13.3 Å². The second kappa shape index (κ2) is 3.76. The third kappa shape index (κ3) is 1.56. The lowest BCUT2D eigenvalue weighted by atomic mass is 10.2. The van der Waals surface area contributed by atoms with E-state index in [1.807, 2.05) is 12.1 Å². The molecule has 3 nitrogen and oxygen atoms in total. The second-order valence-corrected chi connectivity index (χ2v) is 2.43. The van der Waals surface area contributed by atoms with Crippen molar-refractivity contribution in [1.82, 2.24) is 4.68 Å². The number of pyridine rings is 1. The number of aryl methyl sites for hydroxylation is 1. The van der Waals surface area contributed by atoms with Gasteiger partial charge in [0, 0.05) is 12.4 Å². The van der Waals surface area contributed by atoms with Crippen LogP contribution in [0.25, 0.3) is 0 Å². The van der Waals surface area contributed by atoms with Crippen LogP contribution in [-0.2, 0) is 6.42 Å². The Labute approximate surface area is 71.8 Å². The molecule has 64 valence electrons. The second-order valence-electron chi connectivity index (χ2n) is 2.43. The highest BCUT2D eigenvalue weighted by Gasteiger charge is 1.94. The van der Waals surface area contributed by atoms with Gasteiger partial charge < -0.3 is 5.84 Å². The van der Waals surface area contributed by atoms with Gasteiger partial charge in [-0.3, -0.25) is 4.68 Å². The highest BCUT2D eigenvalue weighted by Crippen LogP contribution is 1.90. The van der Waals surface area contributed by atoms with Crippen LogP contribution in [-0.4, -0.2) is 4.68 Å². The summed E-state index contributed by atoms with van der Waals surface area (Å²) in [6.07, 6.45) is 4.18. The Morgan fingerprint density at radius 3 is 3.08 bits per heavy atom. The molecule has 1 aromatic rings. The first-order valence-electron chi connectivity index (χ1n) is 3.90. The molecular weight excluding hydrogens is 150 g/mol. The van der Waals surface area contributed by atoms with E-state index in [-0.39, 0.29) is 0 Å².